The molecule has 0 bridgehead atoms. The van der Waals surface area contributed by atoms with Crippen LogP contribution in [0.2, 0.25) is 0 Å². The molecule has 0 saturated heterocycles. The molecule has 0 heterocycles. The topological polar surface area (TPSA) is 9.23 Å². The van der Waals surface area contributed by atoms with Crippen LogP contribution in [0.15, 0.2) is 84.9 Å². The van der Waals surface area contributed by atoms with Crippen LogP contribution in [-0.4, -0.2) is 6.61 Å². The highest BCUT2D eigenvalue weighted by Gasteiger charge is 2.16. The molecule has 0 saturated carbocycles. The molecule has 1 nitrogen and oxygen atoms in total. The highest BCUT2D eigenvalue weighted by atomic mass is 19.2. The Morgan fingerprint density at radius 1 is 0.629 bits per heavy atom. The summed E-state index contributed by atoms with van der Waals surface area (Å²) >= 11 is 0. The molecule has 4 heteroatoms. The number of halogens is 3. The van der Waals surface area contributed by atoms with Gasteiger partial charge in [0.2, 0.25) is 0 Å². The molecule has 0 aliphatic heterocycles. The molecule has 0 aliphatic carbocycles. The predicted octanol–water partition coefficient (Wildman–Crippen LogP) is 9.04. The van der Waals surface area contributed by atoms with Gasteiger partial charge in [-0.15, -0.1) is 0 Å². The standard InChI is InChI=1S/C31H25F3O/c1-3-5-21-8-13-24(14-9-21)26-17-18-27(31(34)30(26)33)25-15-10-22(11-16-25)6-7-23-12-19-29(35-4-2)28(32)20-23/h3,5-20H,4H2,1-2H3/b5-3+,7-6+. The van der Waals surface area contributed by atoms with Gasteiger partial charge in [0.05, 0.1) is 6.61 Å². The highest BCUT2D eigenvalue weighted by Crippen LogP contribution is 2.32. The molecule has 0 fully saturated rings. The van der Waals surface area contributed by atoms with Gasteiger partial charge in [0.25, 0.3) is 0 Å². The van der Waals surface area contributed by atoms with Crippen LogP contribution in [-0.2, 0) is 0 Å². The van der Waals surface area contributed by atoms with Crippen molar-refractivity contribution in [1.82, 2.24) is 0 Å². The van der Waals surface area contributed by atoms with Crippen LogP contribution in [0.3, 0.4) is 0 Å². The zero-order chi connectivity index (χ0) is 24.8. The number of hydrogen-bond acceptors (Lipinski definition) is 1. The monoisotopic (exact) mass is 470 g/mol. The second-order valence-electron chi connectivity index (χ2n) is 7.99. The lowest BCUT2D eigenvalue weighted by molar-refractivity contribution is 0.321. The summed E-state index contributed by atoms with van der Waals surface area (Å²) in [6.45, 7) is 4.12. The van der Waals surface area contributed by atoms with E-state index in [1.165, 1.54) is 6.07 Å². The average Bonchev–Trinajstić information content (AvgIpc) is 2.87. The Hall–Kier alpha value is -4.05. The molecule has 4 aromatic carbocycles. The fourth-order valence-electron chi connectivity index (χ4n) is 3.82. The summed E-state index contributed by atoms with van der Waals surface area (Å²) < 4.78 is 49.2. The molecule has 0 unspecified atom stereocenters. The van der Waals surface area contributed by atoms with E-state index in [4.69, 9.17) is 4.74 Å². The molecule has 4 rings (SSSR count). The normalized spacial score (nSPS) is 11.5. The molecule has 0 radical (unpaired) electrons. The van der Waals surface area contributed by atoms with E-state index < -0.39 is 17.5 Å². The molecule has 35 heavy (non-hydrogen) atoms. The number of rotatable bonds is 7. The van der Waals surface area contributed by atoms with Crippen molar-refractivity contribution in [2.75, 3.05) is 6.61 Å². The van der Waals surface area contributed by atoms with Crippen molar-refractivity contribution in [2.24, 2.45) is 0 Å². The summed E-state index contributed by atoms with van der Waals surface area (Å²) in [7, 11) is 0. The van der Waals surface area contributed by atoms with Gasteiger partial charge >= 0.3 is 0 Å². The molecule has 0 aromatic heterocycles. The summed E-state index contributed by atoms with van der Waals surface area (Å²) in [5.41, 5.74) is 4.14. The summed E-state index contributed by atoms with van der Waals surface area (Å²) in [6.07, 6.45) is 7.48. The van der Waals surface area contributed by atoms with Gasteiger partial charge in [-0.2, -0.15) is 0 Å². The zero-order valence-corrected chi connectivity index (χ0v) is 19.6. The maximum atomic E-state index is 15.0. The Morgan fingerprint density at radius 3 is 1.60 bits per heavy atom. The molecular formula is C31H25F3O. The first-order valence-electron chi connectivity index (χ1n) is 11.4. The predicted molar refractivity (Wildman–Crippen MR) is 138 cm³/mol. The maximum absolute atomic E-state index is 15.0. The first kappa shape index (κ1) is 24.1. The van der Waals surface area contributed by atoms with Gasteiger partial charge < -0.3 is 4.74 Å². The minimum atomic E-state index is -0.881. The van der Waals surface area contributed by atoms with Crippen LogP contribution in [0.5, 0.6) is 5.75 Å². The van der Waals surface area contributed by atoms with Gasteiger partial charge in [-0.3, -0.25) is 0 Å². The van der Waals surface area contributed by atoms with Crippen molar-refractivity contribution >= 4 is 18.2 Å². The summed E-state index contributed by atoms with van der Waals surface area (Å²) in [5.74, 6) is -1.95. The second-order valence-corrected chi connectivity index (χ2v) is 7.99. The number of hydrogen-bond donors (Lipinski definition) is 0. The summed E-state index contributed by atoms with van der Waals surface area (Å²) in [4.78, 5) is 0. The van der Waals surface area contributed by atoms with Crippen molar-refractivity contribution in [2.45, 2.75) is 13.8 Å². The lowest BCUT2D eigenvalue weighted by Crippen LogP contribution is -1.94. The number of benzene rings is 4. The van der Waals surface area contributed by atoms with Gasteiger partial charge in [0.15, 0.2) is 23.2 Å². The third-order valence-electron chi connectivity index (χ3n) is 5.61. The van der Waals surface area contributed by atoms with E-state index in [-0.39, 0.29) is 16.9 Å². The summed E-state index contributed by atoms with van der Waals surface area (Å²) in [6, 6.07) is 22.4. The Kier molecular flexibility index (Phi) is 7.51. The highest BCUT2D eigenvalue weighted by molar-refractivity contribution is 5.75. The fraction of sp³-hybridized carbons (Fsp3) is 0.0968. The molecule has 0 amide bonds. The van der Waals surface area contributed by atoms with Crippen LogP contribution in [0.4, 0.5) is 13.2 Å². The van der Waals surface area contributed by atoms with Crippen LogP contribution in [0, 0.1) is 17.5 Å². The van der Waals surface area contributed by atoms with E-state index in [9.17, 15) is 13.2 Å². The van der Waals surface area contributed by atoms with E-state index in [2.05, 4.69) is 0 Å². The van der Waals surface area contributed by atoms with Crippen molar-refractivity contribution in [1.29, 1.82) is 0 Å². The van der Waals surface area contributed by atoms with E-state index in [0.29, 0.717) is 23.3 Å². The van der Waals surface area contributed by atoms with Crippen molar-refractivity contribution in [3.63, 3.8) is 0 Å². The van der Waals surface area contributed by atoms with Crippen molar-refractivity contribution < 1.29 is 17.9 Å². The Morgan fingerprint density at radius 2 is 1.11 bits per heavy atom. The minimum Gasteiger partial charge on any atom is -0.491 e. The SMILES string of the molecule is C/C=C/c1ccc(-c2ccc(-c3ccc(/C=C/c4ccc(OCC)c(F)c4)cc3)c(F)c2F)cc1. The van der Waals surface area contributed by atoms with Crippen LogP contribution < -0.4 is 4.74 Å². The van der Waals surface area contributed by atoms with Gasteiger partial charge in [-0.25, -0.2) is 13.2 Å². The van der Waals surface area contributed by atoms with Gasteiger partial charge in [-0.05, 0) is 53.8 Å². The summed E-state index contributed by atoms with van der Waals surface area (Å²) in [5, 5.41) is 0. The van der Waals surface area contributed by atoms with Crippen LogP contribution in [0.1, 0.15) is 30.5 Å². The smallest absolute Gasteiger partial charge is 0.167 e. The third kappa shape index (κ3) is 5.55. The molecular weight excluding hydrogens is 445 g/mol. The quantitative estimate of drug-likeness (QED) is 0.245. The average molecular weight is 471 g/mol. The van der Waals surface area contributed by atoms with E-state index in [0.717, 1.165) is 11.1 Å². The van der Waals surface area contributed by atoms with Crippen molar-refractivity contribution in [3.05, 3.63) is 119 Å². The molecule has 4 aromatic rings. The largest absolute Gasteiger partial charge is 0.491 e. The molecule has 0 aliphatic rings. The van der Waals surface area contributed by atoms with Gasteiger partial charge in [-0.1, -0.05) is 91.0 Å². The third-order valence-corrected chi connectivity index (χ3v) is 5.61. The van der Waals surface area contributed by atoms with Gasteiger partial charge in [0.1, 0.15) is 0 Å². The number of ether oxygens (including phenoxy) is 1. The molecule has 0 N–H and O–H groups in total. The van der Waals surface area contributed by atoms with Crippen LogP contribution >= 0.6 is 0 Å². The molecule has 0 atom stereocenters. The van der Waals surface area contributed by atoms with Crippen molar-refractivity contribution in [3.8, 4) is 28.0 Å². The lowest BCUT2D eigenvalue weighted by atomic mass is 9.97. The number of allylic oxidation sites excluding steroid dienone is 1. The first-order valence-corrected chi connectivity index (χ1v) is 11.4. The molecule has 0 spiro atoms. The zero-order valence-electron chi connectivity index (χ0n) is 19.6. The first-order chi connectivity index (χ1) is 17.0. The van der Waals surface area contributed by atoms with Crippen LogP contribution in [0.25, 0.3) is 40.5 Å². The van der Waals surface area contributed by atoms with Gasteiger partial charge in [0, 0.05) is 11.1 Å². The Balaban J connectivity index is 1.53. The minimum absolute atomic E-state index is 0.195. The maximum Gasteiger partial charge on any atom is 0.167 e. The lowest BCUT2D eigenvalue weighted by Gasteiger charge is -2.10. The van der Waals surface area contributed by atoms with E-state index in [1.807, 2.05) is 49.4 Å². The second kappa shape index (κ2) is 10.9. The van der Waals surface area contributed by atoms with E-state index in [1.54, 1.807) is 61.5 Å². The Bertz CT molecular complexity index is 1370. The van der Waals surface area contributed by atoms with E-state index >= 15 is 0 Å². The Labute approximate surface area is 203 Å². The molecule has 176 valence electrons. The fourth-order valence-corrected chi connectivity index (χ4v) is 3.82.